The van der Waals surface area contributed by atoms with Crippen molar-refractivity contribution in [2.24, 2.45) is 11.3 Å². The molecule has 1 aliphatic rings. The van der Waals surface area contributed by atoms with Crippen molar-refractivity contribution in [2.75, 3.05) is 33.3 Å². The highest BCUT2D eigenvalue weighted by atomic mass is 16.3. The van der Waals surface area contributed by atoms with E-state index in [-0.39, 0.29) is 0 Å². The van der Waals surface area contributed by atoms with E-state index >= 15 is 0 Å². The highest BCUT2D eigenvalue weighted by Crippen LogP contribution is 2.26. The second-order valence-corrected chi connectivity index (χ2v) is 6.25. The largest absolute Gasteiger partial charge is 0.396 e. The van der Waals surface area contributed by atoms with Crippen LogP contribution in [0.4, 0.5) is 0 Å². The first-order chi connectivity index (χ1) is 7.99. The first-order valence-corrected chi connectivity index (χ1v) is 7.00. The Labute approximate surface area is 107 Å². The Kier molecular flexibility index (Phi) is 5.90. The predicted octanol–water partition coefficient (Wildman–Crippen LogP) is 1.71. The van der Waals surface area contributed by atoms with Crippen LogP contribution >= 0.6 is 0 Å². The van der Waals surface area contributed by atoms with Crippen LogP contribution in [0.15, 0.2) is 0 Å². The van der Waals surface area contributed by atoms with E-state index in [1.54, 1.807) is 0 Å². The van der Waals surface area contributed by atoms with Crippen molar-refractivity contribution in [2.45, 2.75) is 46.1 Å². The van der Waals surface area contributed by atoms with Crippen LogP contribution < -0.4 is 5.32 Å². The van der Waals surface area contributed by atoms with Crippen molar-refractivity contribution in [1.29, 1.82) is 0 Å². The van der Waals surface area contributed by atoms with Crippen molar-refractivity contribution in [3.8, 4) is 0 Å². The zero-order valence-corrected chi connectivity index (χ0v) is 12.0. The van der Waals surface area contributed by atoms with E-state index in [9.17, 15) is 0 Å². The second kappa shape index (κ2) is 6.72. The average Bonchev–Trinajstić information content (AvgIpc) is 2.28. The molecule has 0 radical (unpaired) electrons. The van der Waals surface area contributed by atoms with Gasteiger partial charge in [0.25, 0.3) is 0 Å². The minimum atomic E-state index is 0.301. The van der Waals surface area contributed by atoms with Crippen LogP contribution in [0.25, 0.3) is 0 Å². The molecular weight excluding hydrogens is 212 g/mol. The van der Waals surface area contributed by atoms with Crippen molar-refractivity contribution in [1.82, 2.24) is 10.2 Å². The lowest BCUT2D eigenvalue weighted by Gasteiger charge is -2.40. The molecule has 3 heteroatoms. The molecule has 0 saturated carbocycles. The summed E-state index contributed by atoms with van der Waals surface area (Å²) in [5.41, 5.74) is 0.301. The van der Waals surface area contributed by atoms with Gasteiger partial charge >= 0.3 is 0 Å². The van der Waals surface area contributed by atoms with Gasteiger partial charge in [-0.3, -0.25) is 0 Å². The molecule has 2 N–H and O–H groups in total. The molecule has 1 rings (SSSR count). The lowest BCUT2D eigenvalue weighted by Crippen LogP contribution is -2.48. The molecule has 102 valence electrons. The lowest BCUT2D eigenvalue weighted by molar-refractivity contribution is 0.0924. The summed E-state index contributed by atoms with van der Waals surface area (Å²) in [5, 5.41) is 12.4. The lowest BCUT2D eigenvalue weighted by atomic mass is 9.83. The first-order valence-electron chi connectivity index (χ1n) is 7.00. The average molecular weight is 242 g/mol. The van der Waals surface area contributed by atoms with Crippen LogP contribution in [0.2, 0.25) is 0 Å². The van der Waals surface area contributed by atoms with Gasteiger partial charge in [-0.05, 0) is 51.1 Å². The summed E-state index contributed by atoms with van der Waals surface area (Å²) in [6.45, 7) is 10.8. The van der Waals surface area contributed by atoms with Crippen LogP contribution in [0.3, 0.4) is 0 Å². The van der Waals surface area contributed by atoms with Gasteiger partial charge in [0, 0.05) is 25.7 Å². The van der Waals surface area contributed by atoms with E-state index in [1.165, 1.54) is 25.9 Å². The SMILES string of the molecule is CNC(C)C(C)(C)CN1CCCC(CCO)C1. The number of aliphatic hydroxyl groups excluding tert-OH is 1. The monoisotopic (exact) mass is 242 g/mol. The summed E-state index contributed by atoms with van der Waals surface area (Å²) >= 11 is 0. The Bertz CT molecular complexity index is 216. The van der Waals surface area contributed by atoms with E-state index in [0.717, 1.165) is 13.0 Å². The molecular formula is C14H30N2O. The quantitative estimate of drug-likeness (QED) is 0.744. The van der Waals surface area contributed by atoms with Gasteiger partial charge in [0.1, 0.15) is 0 Å². The van der Waals surface area contributed by atoms with E-state index in [0.29, 0.717) is 24.0 Å². The number of hydrogen-bond donors (Lipinski definition) is 2. The molecule has 1 aliphatic heterocycles. The molecule has 1 saturated heterocycles. The molecule has 0 bridgehead atoms. The topological polar surface area (TPSA) is 35.5 Å². The van der Waals surface area contributed by atoms with E-state index in [1.807, 2.05) is 7.05 Å². The van der Waals surface area contributed by atoms with Crippen LogP contribution in [0, 0.1) is 11.3 Å². The maximum atomic E-state index is 9.04. The Morgan fingerprint density at radius 2 is 2.18 bits per heavy atom. The Morgan fingerprint density at radius 1 is 1.47 bits per heavy atom. The molecule has 0 aromatic rings. The summed E-state index contributed by atoms with van der Waals surface area (Å²) < 4.78 is 0. The third-order valence-corrected chi connectivity index (χ3v) is 4.38. The standard InChI is InChI=1S/C14H30N2O/c1-12(15-4)14(2,3)11-16-8-5-6-13(10-16)7-9-17/h12-13,15,17H,5-11H2,1-4H3. The number of piperidine rings is 1. The van der Waals surface area contributed by atoms with Gasteiger partial charge in [0.15, 0.2) is 0 Å². The van der Waals surface area contributed by atoms with E-state index in [2.05, 4.69) is 31.0 Å². The number of aliphatic hydroxyl groups is 1. The third-order valence-electron chi connectivity index (χ3n) is 4.38. The molecule has 0 amide bonds. The summed E-state index contributed by atoms with van der Waals surface area (Å²) in [6.07, 6.45) is 3.55. The zero-order chi connectivity index (χ0) is 12.9. The van der Waals surface area contributed by atoms with Crippen molar-refractivity contribution in [3.63, 3.8) is 0 Å². The van der Waals surface area contributed by atoms with Gasteiger partial charge in [-0.1, -0.05) is 13.8 Å². The maximum Gasteiger partial charge on any atom is 0.0434 e. The summed E-state index contributed by atoms with van der Waals surface area (Å²) in [5.74, 6) is 0.703. The van der Waals surface area contributed by atoms with Crippen LogP contribution in [0.1, 0.15) is 40.0 Å². The van der Waals surface area contributed by atoms with Gasteiger partial charge in [-0.2, -0.15) is 0 Å². The fraction of sp³-hybridized carbons (Fsp3) is 1.00. The molecule has 17 heavy (non-hydrogen) atoms. The Hall–Kier alpha value is -0.120. The first kappa shape index (κ1) is 14.9. The van der Waals surface area contributed by atoms with Gasteiger partial charge < -0.3 is 15.3 Å². The fourth-order valence-electron chi connectivity index (χ4n) is 2.82. The maximum absolute atomic E-state index is 9.04. The highest BCUT2D eigenvalue weighted by Gasteiger charge is 2.29. The summed E-state index contributed by atoms with van der Waals surface area (Å²) in [4.78, 5) is 2.58. The number of likely N-dealkylation sites (tertiary alicyclic amines) is 1. The summed E-state index contributed by atoms with van der Waals surface area (Å²) in [7, 11) is 2.04. The van der Waals surface area contributed by atoms with Gasteiger partial charge in [0.2, 0.25) is 0 Å². The number of nitrogens with one attached hydrogen (secondary N) is 1. The number of nitrogens with zero attached hydrogens (tertiary/aromatic N) is 1. The Balaban J connectivity index is 2.45. The van der Waals surface area contributed by atoms with Crippen LogP contribution in [-0.4, -0.2) is 49.3 Å². The van der Waals surface area contributed by atoms with Crippen molar-refractivity contribution >= 4 is 0 Å². The third kappa shape index (κ3) is 4.57. The molecule has 0 aliphatic carbocycles. The van der Waals surface area contributed by atoms with E-state index < -0.39 is 0 Å². The number of rotatable bonds is 6. The molecule has 1 heterocycles. The van der Waals surface area contributed by atoms with Gasteiger partial charge in [-0.15, -0.1) is 0 Å². The normalized spacial score (nSPS) is 24.9. The van der Waals surface area contributed by atoms with Crippen LogP contribution in [0.5, 0.6) is 0 Å². The molecule has 2 unspecified atom stereocenters. The molecule has 2 atom stereocenters. The highest BCUT2D eigenvalue weighted by molar-refractivity contribution is 4.85. The molecule has 0 aromatic heterocycles. The Morgan fingerprint density at radius 3 is 2.76 bits per heavy atom. The number of hydrogen-bond acceptors (Lipinski definition) is 3. The minimum Gasteiger partial charge on any atom is -0.396 e. The minimum absolute atomic E-state index is 0.301. The molecule has 1 fully saturated rings. The summed E-state index contributed by atoms with van der Waals surface area (Å²) in [6, 6.07) is 0.528. The van der Waals surface area contributed by atoms with Crippen LogP contribution in [-0.2, 0) is 0 Å². The second-order valence-electron chi connectivity index (χ2n) is 6.25. The fourth-order valence-corrected chi connectivity index (χ4v) is 2.82. The predicted molar refractivity (Wildman–Crippen MR) is 73.2 cm³/mol. The smallest absolute Gasteiger partial charge is 0.0434 e. The van der Waals surface area contributed by atoms with E-state index in [4.69, 9.17) is 5.11 Å². The van der Waals surface area contributed by atoms with Crippen molar-refractivity contribution < 1.29 is 5.11 Å². The zero-order valence-electron chi connectivity index (χ0n) is 12.0. The molecule has 0 aromatic carbocycles. The van der Waals surface area contributed by atoms with Crippen molar-refractivity contribution in [3.05, 3.63) is 0 Å². The van der Waals surface area contributed by atoms with Gasteiger partial charge in [0.05, 0.1) is 0 Å². The molecule has 3 nitrogen and oxygen atoms in total. The molecule has 0 spiro atoms. The van der Waals surface area contributed by atoms with Gasteiger partial charge in [-0.25, -0.2) is 0 Å².